The molecule has 2 atom stereocenters. The average Bonchev–Trinajstić information content (AvgIpc) is 3.20. The van der Waals surface area contributed by atoms with Crippen LogP contribution in [0.1, 0.15) is 46.1 Å². The van der Waals surface area contributed by atoms with Crippen molar-refractivity contribution in [3.8, 4) is 0 Å². The molecule has 0 amide bonds. The number of aromatic nitrogens is 1. The van der Waals surface area contributed by atoms with Crippen LogP contribution < -0.4 is 5.32 Å². The maximum Gasteiger partial charge on any atom is 0.443 e. The first-order chi connectivity index (χ1) is 10.5. The zero-order valence-electron chi connectivity index (χ0n) is 11.5. The van der Waals surface area contributed by atoms with E-state index in [-0.39, 0.29) is 12.2 Å². The number of anilines is 1. The molecule has 0 saturated carbocycles. The molecular formula is C15H13F3N2OS. The van der Waals surface area contributed by atoms with Gasteiger partial charge in [0.15, 0.2) is 5.01 Å². The van der Waals surface area contributed by atoms with E-state index in [1.807, 2.05) is 12.1 Å². The number of thiazole rings is 1. The second kappa shape index (κ2) is 4.96. The highest BCUT2D eigenvalue weighted by Crippen LogP contribution is 2.52. The lowest BCUT2D eigenvalue weighted by atomic mass is 9.90. The maximum absolute atomic E-state index is 12.6. The number of hydrogen-bond acceptors (Lipinski definition) is 4. The van der Waals surface area contributed by atoms with Crippen molar-refractivity contribution >= 4 is 17.0 Å². The first-order valence-corrected chi connectivity index (χ1v) is 7.88. The molecule has 2 aliphatic heterocycles. The monoisotopic (exact) mass is 326 g/mol. The molecule has 0 aliphatic carbocycles. The van der Waals surface area contributed by atoms with Crippen molar-refractivity contribution < 1.29 is 17.9 Å². The summed E-state index contributed by atoms with van der Waals surface area (Å²) in [4.78, 5) is 4.00. The number of halogens is 3. The Hall–Kier alpha value is -1.60. The zero-order valence-corrected chi connectivity index (χ0v) is 12.3. The van der Waals surface area contributed by atoms with Crippen LogP contribution in [0.5, 0.6) is 0 Å². The second-order valence-electron chi connectivity index (χ2n) is 5.48. The third kappa shape index (κ3) is 2.28. The molecule has 3 heterocycles. The van der Waals surface area contributed by atoms with Crippen LogP contribution in [0.25, 0.3) is 0 Å². The van der Waals surface area contributed by atoms with Crippen LogP contribution in [0.4, 0.5) is 18.9 Å². The molecule has 2 aliphatic rings. The highest BCUT2D eigenvalue weighted by molar-refractivity contribution is 7.11. The lowest BCUT2D eigenvalue weighted by Crippen LogP contribution is -2.05. The molecule has 1 N–H and O–H groups in total. The molecule has 2 aromatic rings. The van der Waals surface area contributed by atoms with Crippen LogP contribution in [-0.4, -0.2) is 4.98 Å². The highest BCUT2D eigenvalue weighted by Gasteiger charge is 2.39. The van der Waals surface area contributed by atoms with Gasteiger partial charge in [0.2, 0.25) is 0 Å². The van der Waals surface area contributed by atoms with Gasteiger partial charge in [-0.05, 0) is 24.5 Å². The van der Waals surface area contributed by atoms with Crippen LogP contribution in [0.3, 0.4) is 0 Å². The number of nitrogens with zero attached hydrogens (tertiary/aromatic N) is 1. The lowest BCUT2D eigenvalue weighted by Gasteiger charge is -2.16. The number of ether oxygens (including phenoxy) is 1. The van der Waals surface area contributed by atoms with Crippen molar-refractivity contribution in [2.45, 2.75) is 37.8 Å². The summed E-state index contributed by atoms with van der Waals surface area (Å²) in [6, 6.07) is 5.98. The van der Waals surface area contributed by atoms with Gasteiger partial charge < -0.3 is 10.1 Å². The first-order valence-electron chi connectivity index (χ1n) is 7.06. The molecular weight excluding hydrogens is 313 g/mol. The first kappa shape index (κ1) is 14.0. The molecule has 22 heavy (non-hydrogen) atoms. The van der Waals surface area contributed by atoms with Gasteiger partial charge in [-0.3, -0.25) is 0 Å². The van der Waals surface area contributed by atoms with Crippen molar-refractivity contribution in [2.24, 2.45) is 0 Å². The van der Waals surface area contributed by atoms with Crippen LogP contribution in [0, 0.1) is 0 Å². The summed E-state index contributed by atoms with van der Waals surface area (Å²) in [5.74, 6) is 0. The number of hydrogen-bond donors (Lipinski definition) is 1. The van der Waals surface area contributed by atoms with Gasteiger partial charge in [0.25, 0.3) is 0 Å². The fourth-order valence-corrected chi connectivity index (χ4v) is 3.88. The Labute approximate surface area is 129 Å². The minimum atomic E-state index is -4.37. The average molecular weight is 326 g/mol. The van der Waals surface area contributed by atoms with Crippen molar-refractivity contribution in [2.75, 3.05) is 5.32 Å². The van der Waals surface area contributed by atoms with E-state index in [1.54, 1.807) is 0 Å². The van der Waals surface area contributed by atoms with E-state index < -0.39 is 11.2 Å². The van der Waals surface area contributed by atoms with Gasteiger partial charge >= 0.3 is 6.18 Å². The standard InChI is InChI=1S/C15H13F3N2OS/c16-15(17,18)14-20-7-8(22-14)6-19-10-3-1-2-9-11-4-5-12(21-11)13(9)10/h1-3,7,11-12,19H,4-6H2. The van der Waals surface area contributed by atoms with Crippen LogP contribution in [0.2, 0.25) is 0 Å². The molecule has 2 unspecified atom stereocenters. The van der Waals surface area contributed by atoms with Crippen molar-refractivity contribution in [3.63, 3.8) is 0 Å². The van der Waals surface area contributed by atoms with Gasteiger partial charge in [0.1, 0.15) is 0 Å². The van der Waals surface area contributed by atoms with Gasteiger partial charge in [-0.15, -0.1) is 11.3 Å². The molecule has 7 heteroatoms. The SMILES string of the molecule is FC(F)(F)c1ncc(CNc2cccc3c2C2CCC3O2)s1. The van der Waals surface area contributed by atoms with E-state index in [4.69, 9.17) is 4.74 Å². The number of alkyl halides is 3. The number of rotatable bonds is 3. The van der Waals surface area contributed by atoms with E-state index in [0.717, 1.165) is 18.5 Å². The van der Waals surface area contributed by atoms with Crippen LogP contribution in [0.15, 0.2) is 24.4 Å². The Balaban J connectivity index is 1.53. The van der Waals surface area contributed by atoms with E-state index in [1.165, 1.54) is 17.3 Å². The normalized spacial score (nSPS) is 22.9. The summed E-state index contributed by atoms with van der Waals surface area (Å²) >= 11 is 0.678. The third-order valence-electron chi connectivity index (χ3n) is 4.08. The topological polar surface area (TPSA) is 34.2 Å². The zero-order chi connectivity index (χ0) is 15.3. The fraction of sp³-hybridized carbons (Fsp3) is 0.400. The van der Waals surface area contributed by atoms with Crippen molar-refractivity contribution in [1.82, 2.24) is 4.98 Å². The highest BCUT2D eigenvalue weighted by atomic mass is 32.1. The Kier molecular flexibility index (Phi) is 3.16. The lowest BCUT2D eigenvalue weighted by molar-refractivity contribution is -0.137. The van der Waals surface area contributed by atoms with Gasteiger partial charge in [-0.2, -0.15) is 13.2 Å². The Bertz CT molecular complexity index is 713. The van der Waals surface area contributed by atoms with Gasteiger partial charge in [-0.1, -0.05) is 12.1 Å². The number of nitrogens with one attached hydrogen (secondary N) is 1. The summed E-state index contributed by atoms with van der Waals surface area (Å²) in [6.45, 7) is 0.335. The maximum atomic E-state index is 12.6. The molecule has 3 nitrogen and oxygen atoms in total. The van der Waals surface area contributed by atoms with Gasteiger partial charge in [-0.25, -0.2) is 4.98 Å². The molecule has 4 rings (SSSR count). The molecule has 116 valence electrons. The molecule has 2 bridgehead atoms. The third-order valence-corrected chi connectivity index (χ3v) is 5.12. The number of benzene rings is 1. The van der Waals surface area contributed by atoms with Gasteiger partial charge in [0, 0.05) is 22.3 Å². The van der Waals surface area contributed by atoms with E-state index >= 15 is 0 Å². The predicted molar refractivity (Wildman–Crippen MR) is 76.7 cm³/mol. The van der Waals surface area contributed by atoms with Crippen molar-refractivity contribution in [3.05, 3.63) is 45.4 Å². The van der Waals surface area contributed by atoms with Crippen LogP contribution in [-0.2, 0) is 17.5 Å². The minimum Gasteiger partial charge on any atom is -0.380 e. The fourth-order valence-electron chi connectivity index (χ4n) is 3.16. The summed E-state index contributed by atoms with van der Waals surface area (Å²) in [6.07, 6.45) is -0.728. The molecule has 0 spiro atoms. The van der Waals surface area contributed by atoms with E-state index in [0.29, 0.717) is 22.8 Å². The quantitative estimate of drug-likeness (QED) is 0.889. The second-order valence-corrected chi connectivity index (χ2v) is 6.60. The van der Waals surface area contributed by atoms with Crippen molar-refractivity contribution in [1.29, 1.82) is 0 Å². The molecule has 1 fully saturated rings. The minimum absolute atomic E-state index is 0.121. The molecule has 1 aromatic carbocycles. The predicted octanol–water partition coefficient (Wildman–Crippen LogP) is 4.68. The Morgan fingerprint density at radius 1 is 1.27 bits per heavy atom. The molecule has 1 saturated heterocycles. The Morgan fingerprint density at radius 2 is 2.09 bits per heavy atom. The van der Waals surface area contributed by atoms with Crippen LogP contribution >= 0.6 is 11.3 Å². The molecule has 0 radical (unpaired) electrons. The summed E-state index contributed by atoms with van der Waals surface area (Å²) in [7, 11) is 0. The largest absolute Gasteiger partial charge is 0.443 e. The Morgan fingerprint density at radius 3 is 2.86 bits per heavy atom. The summed E-state index contributed by atoms with van der Waals surface area (Å²) < 4.78 is 43.6. The smallest absolute Gasteiger partial charge is 0.380 e. The molecule has 1 aromatic heterocycles. The summed E-state index contributed by atoms with van der Waals surface area (Å²) in [5.41, 5.74) is 3.33. The summed E-state index contributed by atoms with van der Waals surface area (Å²) in [5, 5.41) is 2.43. The number of fused-ring (bicyclic) bond motifs is 5. The van der Waals surface area contributed by atoms with Gasteiger partial charge in [0.05, 0.1) is 18.8 Å². The van der Waals surface area contributed by atoms with E-state index in [2.05, 4.69) is 16.4 Å². The van der Waals surface area contributed by atoms with E-state index in [9.17, 15) is 13.2 Å².